The number of alkyl halides is 3. The van der Waals surface area contributed by atoms with Crippen LogP contribution in [0.4, 0.5) is 18.9 Å². The number of hydrogen-bond donors (Lipinski definition) is 0. The average Bonchev–Trinajstić information content (AvgIpc) is 2.24. The van der Waals surface area contributed by atoms with Gasteiger partial charge in [0.15, 0.2) is 0 Å². The number of nitrogens with zero attached hydrogens (tertiary/aromatic N) is 2. The molecule has 92 valence electrons. The summed E-state index contributed by atoms with van der Waals surface area (Å²) in [5, 5.41) is 9.25. The number of benzene rings is 1. The van der Waals surface area contributed by atoms with Crippen molar-refractivity contribution in [3.8, 4) is 6.07 Å². The van der Waals surface area contributed by atoms with Crippen LogP contribution in [0.25, 0.3) is 0 Å². The van der Waals surface area contributed by atoms with Gasteiger partial charge in [0.25, 0.3) is 0 Å². The Bertz CT molecular complexity index is 437. The minimum Gasteiger partial charge on any atom is -0.373 e. The van der Waals surface area contributed by atoms with Gasteiger partial charge in [-0.3, -0.25) is 0 Å². The molecule has 0 amide bonds. The number of anilines is 1. The Labute approximate surface area is 102 Å². The van der Waals surface area contributed by atoms with Crippen molar-refractivity contribution in [2.75, 3.05) is 18.5 Å². The standard InChI is InChI=1S/C11H10ClF3N2/c1-17(5-4-11(13,14)15)10-3-2-9(12)6-8(10)7-16/h2-3,6H,4-5H2,1H3. The molecule has 0 bridgehead atoms. The zero-order chi connectivity index (χ0) is 13.1. The van der Waals surface area contributed by atoms with Crippen molar-refractivity contribution in [3.05, 3.63) is 28.8 Å². The summed E-state index contributed by atoms with van der Waals surface area (Å²) in [6, 6.07) is 6.42. The van der Waals surface area contributed by atoms with Gasteiger partial charge in [-0.2, -0.15) is 18.4 Å². The molecule has 0 radical (unpaired) electrons. The van der Waals surface area contributed by atoms with Crippen LogP contribution >= 0.6 is 11.6 Å². The van der Waals surface area contributed by atoms with Gasteiger partial charge in [0.1, 0.15) is 6.07 Å². The zero-order valence-electron chi connectivity index (χ0n) is 9.05. The van der Waals surface area contributed by atoms with Crippen LogP contribution in [0, 0.1) is 11.3 Å². The van der Waals surface area contributed by atoms with Crippen molar-refractivity contribution in [1.82, 2.24) is 0 Å². The Morgan fingerprint density at radius 3 is 2.59 bits per heavy atom. The first-order chi connectivity index (χ1) is 7.83. The SMILES string of the molecule is CN(CCC(F)(F)F)c1ccc(Cl)cc1C#N. The summed E-state index contributed by atoms with van der Waals surface area (Å²) >= 11 is 5.70. The highest BCUT2D eigenvalue weighted by Gasteiger charge is 2.27. The van der Waals surface area contributed by atoms with E-state index in [1.807, 2.05) is 6.07 Å². The predicted octanol–water partition coefficient (Wildman–Crippen LogP) is 3.60. The van der Waals surface area contributed by atoms with Crippen LogP contribution < -0.4 is 4.90 Å². The van der Waals surface area contributed by atoms with Crippen molar-refractivity contribution >= 4 is 17.3 Å². The first-order valence-corrected chi connectivity index (χ1v) is 5.19. The Balaban J connectivity index is 2.83. The fourth-order valence-corrected chi connectivity index (χ4v) is 1.52. The van der Waals surface area contributed by atoms with E-state index in [0.29, 0.717) is 10.7 Å². The maximum atomic E-state index is 12.1. The normalized spacial score (nSPS) is 11.1. The first kappa shape index (κ1) is 13.7. The molecule has 1 rings (SSSR count). The van der Waals surface area contributed by atoms with Crippen LogP contribution in [0.3, 0.4) is 0 Å². The number of nitriles is 1. The van der Waals surface area contributed by atoms with E-state index in [9.17, 15) is 13.2 Å². The lowest BCUT2D eigenvalue weighted by atomic mass is 10.1. The molecule has 0 aliphatic carbocycles. The fourth-order valence-electron chi connectivity index (χ4n) is 1.35. The second-order valence-corrected chi connectivity index (χ2v) is 4.00. The third-order valence-electron chi connectivity index (χ3n) is 2.22. The molecule has 17 heavy (non-hydrogen) atoms. The molecule has 0 spiro atoms. The minimum atomic E-state index is -4.20. The van der Waals surface area contributed by atoms with Gasteiger partial charge < -0.3 is 4.90 Å². The predicted molar refractivity (Wildman–Crippen MR) is 60.1 cm³/mol. The molecule has 0 atom stereocenters. The molecule has 0 N–H and O–H groups in total. The van der Waals surface area contributed by atoms with Crippen LogP contribution in [0.2, 0.25) is 5.02 Å². The average molecular weight is 263 g/mol. The molecule has 2 nitrogen and oxygen atoms in total. The maximum Gasteiger partial charge on any atom is 0.390 e. The Morgan fingerprint density at radius 2 is 2.06 bits per heavy atom. The van der Waals surface area contributed by atoms with E-state index in [2.05, 4.69) is 0 Å². The Kier molecular flexibility index (Phi) is 4.24. The molecule has 0 saturated heterocycles. The van der Waals surface area contributed by atoms with Crippen molar-refractivity contribution in [3.63, 3.8) is 0 Å². The molecule has 0 aliphatic heterocycles. The van der Waals surface area contributed by atoms with E-state index < -0.39 is 12.6 Å². The van der Waals surface area contributed by atoms with E-state index in [1.54, 1.807) is 6.07 Å². The summed E-state index contributed by atoms with van der Waals surface area (Å²) in [4.78, 5) is 1.39. The van der Waals surface area contributed by atoms with Crippen molar-refractivity contribution in [2.24, 2.45) is 0 Å². The highest BCUT2D eigenvalue weighted by molar-refractivity contribution is 6.30. The monoisotopic (exact) mass is 262 g/mol. The molecule has 6 heteroatoms. The van der Waals surface area contributed by atoms with Gasteiger partial charge in [0.05, 0.1) is 17.7 Å². The molecule has 0 fully saturated rings. The lowest BCUT2D eigenvalue weighted by Crippen LogP contribution is -2.24. The van der Waals surface area contributed by atoms with Crippen LogP contribution in [-0.2, 0) is 0 Å². The topological polar surface area (TPSA) is 27.0 Å². The van der Waals surface area contributed by atoms with E-state index in [0.717, 1.165) is 0 Å². The van der Waals surface area contributed by atoms with Gasteiger partial charge >= 0.3 is 6.18 Å². The van der Waals surface area contributed by atoms with Gasteiger partial charge in [-0.25, -0.2) is 0 Å². The molecule has 1 aromatic rings. The zero-order valence-corrected chi connectivity index (χ0v) is 9.81. The van der Waals surface area contributed by atoms with Crippen molar-refractivity contribution in [1.29, 1.82) is 5.26 Å². The third kappa shape index (κ3) is 4.16. The molecular weight excluding hydrogens is 253 g/mol. The van der Waals surface area contributed by atoms with Gasteiger partial charge in [0, 0.05) is 18.6 Å². The molecule has 0 aromatic heterocycles. The van der Waals surface area contributed by atoms with E-state index >= 15 is 0 Å². The van der Waals surface area contributed by atoms with Gasteiger partial charge in [-0.05, 0) is 18.2 Å². The third-order valence-corrected chi connectivity index (χ3v) is 2.46. The Hall–Kier alpha value is -1.41. The molecule has 0 aliphatic rings. The van der Waals surface area contributed by atoms with Gasteiger partial charge in [-0.15, -0.1) is 0 Å². The summed E-state index contributed by atoms with van der Waals surface area (Å²) in [7, 11) is 1.51. The number of halogens is 4. The lowest BCUT2D eigenvalue weighted by molar-refractivity contribution is -0.132. The molecule has 1 aromatic carbocycles. The summed E-state index contributed by atoms with van der Waals surface area (Å²) in [6.45, 7) is -0.195. The Morgan fingerprint density at radius 1 is 1.41 bits per heavy atom. The highest BCUT2D eigenvalue weighted by atomic mass is 35.5. The lowest BCUT2D eigenvalue weighted by Gasteiger charge is -2.21. The minimum absolute atomic E-state index is 0.195. The molecular formula is C11H10ClF3N2. The summed E-state index contributed by atoms with van der Waals surface area (Å²) in [6.07, 6.45) is -5.12. The largest absolute Gasteiger partial charge is 0.390 e. The molecule has 0 unspecified atom stereocenters. The van der Waals surface area contributed by atoms with Crippen LogP contribution in [0.1, 0.15) is 12.0 Å². The second-order valence-electron chi connectivity index (χ2n) is 3.56. The number of hydrogen-bond acceptors (Lipinski definition) is 2. The van der Waals surface area contributed by atoms with E-state index in [-0.39, 0.29) is 12.1 Å². The first-order valence-electron chi connectivity index (χ1n) is 4.81. The van der Waals surface area contributed by atoms with Crippen LogP contribution in [-0.4, -0.2) is 19.8 Å². The number of rotatable bonds is 3. The van der Waals surface area contributed by atoms with E-state index in [4.69, 9.17) is 16.9 Å². The van der Waals surface area contributed by atoms with Gasteiger partial charge in [-0.1, -0.05) is 11.6 Å². The van der Waals surface area contributed by atoms with Crippen molar-refractivity contribution in [2.45, 2.75) is 12.6 Å². The summed E-state index contributed by atoms with van der Waals surface area (Å²) in [5.74, 6) is 0. The van der Waals surface area contributed by atoms with Gasteiger partial charge in [0.2, 0.25) is 0 Å². The maximum absolute atomic E-state index is 12.1. The quantitative estimate of drug-likeness (QED) is 0.832. The summed E-state index contributed by atoms with van der Waals surface area (Å²) < 4.78 is 36.2. The van der Waals surface area contributed by atoms with E-state index in [1.165, 1.54) is 24.1 Å². The summed E-state index contributed by atoms with van der Waals surface area (Å²) in [5.41, 5.74) is 0.711. The van der Waals surface area contributed by atoms with Crippen LogP contribution in [0.15, 0.2) is 18.2 Å². The van der Waals surface area contributed by atoms with Crippen molar-refractivity contribution < 1.29 is 13.2 Å². The smallest absolute Gasteiger partial charge is 0.373 e. The van der Waals surface area contributed by atoms with Crippen LogP contribution in [0.5, 0.6) is 0 Å². The fraction of sp³-hybridized carbons (Fsp3) is 0.364. The molecule has 0 saturated carbocycles. The molecule has 0 heterocycles. The second kappa shape index (κ2) is 5.28. The highest BCUT2D eigenvalue weighted by Crippen LogP contribution is 2.25.